The lowest BCUT2D eigenvalue weighted by atomic mass is 9.61. The van der Waals surface area contributed by atoms with E-state index in [0.29, 0.717) is 0 Å². The molecule has 4 rings (SSSR count). The number of rotatable bonds is 0. The lowest BCUT2D eigenvalue weighted by molar-refractivity contribution is -0.125. The highest BCUT2D eigenvalue weighted by Crippen LogP contribution is 2.51. The molecule has 1 aliphatic heterocycles. The number of aliphatic imine (C=N–C) groups is 1. The Balaban J connectivity index is 1.95. The highest BCUT2D eigenvalue weighted by Gasteiger charge is 2.52. The maximum absolute atomic E-state index is 12.6. The van der Waals surface area contributed by atoms with Crippen LogP contribution in [0.5, 0.6) is 0 Å². The quantitative estimate of drug-likeness (QED) is 0.559. The van der Waals surface area contributed by atoms with E-state index in [1.165, 1.54) is 18.4 Å². The molecule has 1 aromatic rings. The number of nitrogens with zero attached hydrogens (tertiary/aromatic N) is 2. The number of benzene rings is 1. The second-order valence-corrected chi connectivity index (χ2v) is 6.28. The zero-order chi connectivity index (χ0) is 14.4. The molecule has 1 unspecified atom stereocenters. The minimum absolute atomic E-state index is 0.000558. The molecule has 1 spiro atoms. The van der Waals surface area contributed by atoms with Gasteiger partial charge in [0.2, 0.25) is 11.9 Å². The van der Waals surface area contributed by atoms with Crippen molar-refractivity contribution in [2.24, 2.45) is 27.3 Å². The van der Waals surface area contributed by atoms with Crippen molar-refractivity contribution in [1.82, 2.24) is 5.32 Å². The summed E-state index contributed by atoms with van der Waals surface area (Å²) >= 11 is 0. The molecule has 1 atom stereocenters. The molecule has 3 aliphatic rings. The van der Waals surface area contributed by atoms with Crippen molar-refractivity contribution >= 4 is 17.6 Å². The zero-order valence-electron chi connectivity index (χ0n) is 11.8. The molecule has 1 saturated carbocycles. The second-order valence-electron chi connectivity index (χ2n) is 6.28. The fraction of sp³-hybridized carbons (Fsp3) is 0.438. The number of hydrogen-bond donors (Lipinski definition) is 2. The summed E-state index contributed by atoms with van der Waals surface area (Å²) in [6.45, 7) is 0. The number of fused-ring (bicyclic) bond motifs is 4. The van der Waals surface area contributed by atoms with Gasteiger partial charge in [-0.25, -0.2) is 4.99 Å². The van der Waals surface area contributed by atoms with Crippen LogP contribution < -0.4 is 11.2 Å². The first-order valence-corrected chi connectivity index (χ1v) is 7.49. The Labute approximate surface area is 123 Å². The van der Waals surface area contributed by atoms with Crippen molar-refractivity contribution in [2.45, 2.75) is 32.1 Å². The molecule has 2 aliphatic carbocycles. The van der Waals surface area contributed by atoms with Crippen LogP contribution in [0.3, 0.4) is 0 Å². The summed E-state index contributed by atoms with van der Waals surface area (Å²) in [6, 6.07) is 8.26. The minimum Gasteiger partial charge on any atom is -0.320 e. The van der Waals surface area contributed by atoms with E-state index in [1.807, 2.05) is 6.07 Å². The third-order valence-electron chi connectivity index (χ3n) is 5.17. The first-order chi connectivity index (χ1) is 10.2. The monoisotopic (exact) mass is 282 g/mol. The Morgan fingerprint density at radius 3 is 2.81 bits per heavy atom. The summed E-state index contributed by atoms with van der Waals surface area (Å²) in [4.78, 5) is 17.2. The van der Waals surface area contributed by atoms with Crippen molar-refractivity contribution in [2.75, 3.05) is 0 Å². The van der Waals surface area contributed by atoms with Crippen molar-refractivity contribution in [3.05, 3.63) is 35.4 Å². The molecule has 5 nitrogen and oxygen atoms in total. The number of carbonyl (C=O) groups excluding carboxylic acids is 1. The average Bonchev–Trinajstić information content (AvgIpc) is 2.95. The Hall–Kier alpha value is -2.17. The van der Waals surface area contributed by atoms with Gasteiger partial charge in [-0.2, -0.15) is 0 Å². The third-order valence-corrected chi connectivity index (χ3v) is 5.17. The van der Waals surface area contributed by atoms with Gasteiger partial charge in [0.1, 0.15) is 0 Å². The number of nitrogens with one attached hydrogen (secondary N) is 1. The van der Waals surface area contributed by atoms with Gasteiger partial charge in [-0.05, 0) is 30.2 Å². The topological polar surface area (TPSA) is 79.8 Å². The van der Waals surface area contributed by atoms with Crippen LogP contribution in [0.4, 0.5) is 0 Å². The minimum atomic E-state index is -0.166. The summed E-state index contributed by atoms with van der Waals surface area (Å²) in [5.41, 5.74) is 3.25. The van der Waals surface area contributed by atoms with E-state index < -0.39 is 0 Å². The SMILES string of the molecule is N/N=C1/N=C2c3ccccc3CC3(CCCC3)C2C(=O)N1. The molecule has 21 heavy (non-hydrogen) atoms. The van der Waals surface area contributed by atoms with Crippen LogP contribution in [-0.2, 0) is 11.2 Å². The molecule has 1 aromatic carbocycles. The molecular weight excluding hydrogens is 264 g/mol. The van der Waals surface area contributed by atoms with Gasteiger partial charge in [0.25, 0.3) is 0 Å². The van der Waals surface area contributed by atoms with Crippen LogP contribution in [-0.4, -0.2) is 17.6 Å². The van der Waals surface area contributed by atoms with Crippen molar-refractivity contribution in [3.63, 3.8) is 0 Å². The summed E-state index contributed by atoms with van der Waals surface area (Å²) in [7, 11) is 0. The van der Waals surface area contributed by atoms with Crippen LogP contribution in [0.2, 0.25) is 0 Å². The molecule has 108 valence electrons. The lowest BCUT2D eigenvalue weighted by Gasteiger charge is -2.43. The standard InChI is InChI=1S/C16H18N4O/c17-20-15-18-13-11-6-2-1-5-10(11)9-16(7-3-4-8-16)12(13)14(21)19-15/h1-2,5-6,12H,3-4,7-9,17H2,(H,19,20,21). The first kappa shape index (κ1) is 12.6. The Kier molecular flexibility index (Phi) is 2.64. The lowest BCUT2D eigenvalue weighted by Crippen LogP contribution is -2.54. The molecule has 5 heteroatoms. The molecule has 0 aromatic heterocycles. The molecule has 1 fully saturated rings. The van der Waals surface area contributed by atoms with Crippen molar-refractivity contribution in [3.8, 4) is 0 Å². The molecule has 3 N–H and O–H groups in total. The van der Waals surface area contributed by atoms with Crippen LogP contribution in [0, 0.1) is 11.3 Å². The second kappa shape index (κ2) is 4.41. The summed E-state index contributed by atoms with van der Waals surface area (Å²) in [5.74, 6) is 5.37. The predicted octanol–water partition coefficient (Wildman–Crippen LogP) is 1.57. The van der Waals surface area contributed by atoms with Gasteiger partial charge >= 0.3 is 0 Å². The maximum Gasteiger partial charge on any atom is 0.246 e. The maximum atomic E-state index is 12.6. The van der Waals surface area contributed by atoms with Gasteiger partial charge in [0.15, 0.2) is 0 Å². The fourth-order valence-corrected chi connectivity index (χ4v) is 4.31. The fourth-order valence-electron chi connectivity index (χ4n) is 4.31. The van der Waals surface area contributed by atoms with E-state index in [9.17, 15) is 4.79 Å². The van der Waals surface area contributed by atoms with Crippen molar-refractivity contribution in [1.29, 1.82) is 0 Å². The number of amides is 1. The number of guanidine groups is 1. The van der Waals surface area contributed by atoms with Gasteiger partial charge in [0.05, 0.1) is 11.6 Å². The van der Waals surface area contributed by atoms with Gasteiger partial charge in [-0.1, -0.05) is 37.1 Å². The van der Waals surface area contributed by atoms with E-state index in [0.717, 1.165) is 30.5 Å². The summed E-state index contributed by atoms with van der Waals surface area (Å²) in [5, 5.41) is 6.32. The van der Waals surface area contributed by atoms with E-state index in [4.69, 9.17) is 5.84 Å². The van der Waals surface area contributed by atoms with Gasteiger partial charge < -0.3 is 5.84 Å². The largest absolute Gasteiger partial charge is 0.320 e. The van der Waals surface area contributed by atoms with E-state index in [1.54, 1.807) is 0 Å². The van der Waals surface area contributed by atoms with Crippen LogP contribution in [0.25, 0.3) is 0 Å². The third kappa shape index (κ3) is 1.73. The van der Waals surface area contributed by atoms with E-state index >= 15 is 0 Å². The number of nitrogens with two attached hydrogens (primary N) is 1. The summed E-state index contributed by atoms with van der Waals surface area (Å²) < 4.78 is 0. The number of hydrazone groups is 1. The molecular formula is C16H18N4O. The van der Waals surface area contributed by atoms with E-state index in [2.05, 4.69) is 33.6 Å². The van der Waals surface area contributed by atoms with Crippen LogP contribution in [0.15, 0.2) is 34.4 Å². The zero-order valence-corrected chi connectivity index (χ0v) is 11.8. The normalized spacial score (nSPS) is 28.0. The Morgan fingerprint density at radius 1 is 1.29 bits per heavy atom. The van der Waals surface area contributed by atoms with Crippen LogP contribution >= 0.6 is 0 Å². The Bertz CT molecular complexity index is 671. The Morgan fingerprint density at radius 2 is 2.05 bits per heavy atom. The van der Waals surface area contributed by atoms with Gasteiger partial charge in [-0.3, -0.25) is 10.1 Å². The smallest absolute Gasteiger partial charge is 0.246 e. The highest BCUT2D eigenvalue weighted by molar-refractivity contribution is 6.24. The number of carbonyl (C=O) groups is 1. The molecule has 0 radical (unpaired) electrons. The predicted molar refractivity (Wildman–Crippen MR) is 80.8 cm³/mol. The van der Waals surface area contributed by atoms with E-state index in [-0.39, 0.29) is 23.2 Å². The molecule has 1 amide bonds. The first-order valence-electron chi connectivity index (χ1n) is 7.49. The molecule has 0 saturated heterocycles. The summed E-state index contributed by atoms with van der Waals surface area (Å²) in [6.07, 6.45) is 5.53. The highest BCUT2D eigenvalue weighted by atomic mass is 16.2. The van der Waals surface area contributed by atoms with Crippen LogP contribution in [0.1, 0.15) is 36.8 Å². The molecule has 1 heterocycles. The molecule has 0 bridgehead atoms. The van der Waals surface area contributed by atoms with Gasteiger partial charge in [0, 0.05) is 5.56 Å². The number of hydrogen-bond acceptors (Lipinski definition) is 3. The average molecular weight is 282 g/mol. The van der Waals surface area contributed by atoms with Gasteiger partial charge in [-0.15, -0.1) is 5.10 Å². The van der Waals surface area contributed by atoms with Crippen molar-refractivity contribution < 1.29 is 4.79 Å².